The van der Waals surface area contributed by atoms with E-state index in [0.717, 1.165) is 45.0 Å². The van der Waals surface area contributed by atoms with Crippen LogP contribution in [0.1, 0.15) is 25.3 Å². The molecular formula is C19H33IN4O2. The predicted molar refractivity (Wildman–Crippen MR) is 119 cm³/mol. The van der Waals surface area contributed by atoms with Crippen molar-refractivity contribution in [1.82, 2.24) is 10.6 Å². The van der Waals surface area contributed by atoms with Crippen molar-refractivity contribution in [2.45, 2.75) is 26.3 Å². The topological polar surface area (TPSA) is 69.1 Å². The summed E-state index contributed by atoms with van der Waals surface area (Å²) in [5, 5.41) is 15.7. The lowest BCUT2D eigenvalue weighted by Crippen LogP contribution is -2.38. The van der Waals surface area contributed by atoms with Crippen LogP contribution in [-0.2, 0) is 11.3 Å². The van der Waals surface area contributed by atoms with Gasteiger partial charge in [-0.2, -0.15) is 0 Å². The largest absolute Gasteiger partial charge is 0.396 e. The Morgan fingerprint density at radius 2 is 1.92 bits per heavy atom. The maximum atomic E-state index is 9.25. The molecule has 0 saturated carbocycles. The zero-order chi connectivity index (χ0) is 17.9. The van der Waals surface area contributed by atoms with Gasteiger partial charge in [0.05, 0.1) is 13.2 Å². The molecule has 1 aliphatic heterocycles. The molecule has 7 heteroatoms. The lowest BCUT2D eigenvalue weighted by Gasteiger charge is -2.32. The molecular weight excluding hydrogens is 443 g/mol. The minimum Gasteiger partial charge on any atom is -0.396 e. The fourth-order valence-corrected chi connectivity index (χ4v) is 2.97. The summed E-state index contributed by atoms with van der Waals surface area (Å²) in [6, 6.07) is 8.65. The van der Waals surface area contributed by atoms with Gasteiger partial charge < -0.3 is 25.4 Å². The van der Waals surface area contributed by atoms with E-state index in [1.54, 1.807) is 7.11 Å². The molecule has 1 fully saturated rings. The number of nitrogens with one attached hydrogen (secondary N) is 2. The van der Waals surface area contributed by atoms with Crippen LogP contribution in [0.25, 0.3) is 0 Å². The van der Waals surface area contributed by atoms with Crippen molar-refractivity contribution in [3.8, 4) is 0 Å². The highest BCUT2D eigenvalue weighted by molar-refractivity contribution is 14.0. The number of rotatable bonds is 8. The number of piperidine rings is 1. The molecule has 0 bridgehead atoms. The summed E-state index contributed by atoms with van der Waals surface area (Å²) in [5.74, 6) is 1.29. The van der Waals surface area contributed by atoms with Crippen molar-refractivity contribution < 1.29 is 9.84 Å². The monoisotopic (exact) mass is 476 g/mol. The molecule has 0 aromatic heterocycles. The Labute approximate surface area is 174 Å². The van der Waals surface area contributed by atoms with Gasteiger partial charge in [-0.25, -0.2) is 4.99 Å². The molecule has 0 radical (unpaired) electrons. The molecule has 0 amide bonds. The van der Waals surface area contributed by atoms with Gasteiger partial charge in [0.1, 0.15) is 0 Å². The first-order chi connectivity index (χ1) is 12.3. The van der Waals surface area contributed by atoms with E-state index in [-0.39, 0.29) is 24.0 Å². The molecule has 1 saturated heterocycles. The molecule has 1 aliphatic rings. The average Bonchev–Trinajstić information content (AvgIpc) is 2.67. The number of hydrogen-bond acceptors (Lipinski definition) is 4. The number of aliphatic hydroxyl groups is 1. The minimum atomic E-state index is 0. The van der Waals surface area contributed by atoms with Crippen molar-refractivity contribution in [3.05, 3.63) is 29.8 Å². The van der Waals surface area contributed by atoms with Gasteiger partial charge in [0.2, 0.25) is 0 Å². The highest BCUT2D eigenvalue weighted by Crippen LogP contribution is 2.23. The third-order valence-corrected chi connectivity index (χ3v) is 4.54. The predicted octanol–water partition coefficient (Wildman–Crippen LogP) is 2.21. The van der Waals surface area contributed by atoms with Crippen LogP contribution in [0.3, 0.4) is 0 Å². The van der Waals surface area contributed by atoms with Gasteiger partial charge in [-0.15, -0.1) is 24.0 Å². The lowest BCUT2D eigenvalue weighted by molar-refractivity contribution is 0.203. The Morgan fingerprint density at radius 1 is 1.23 bits per heavy atom. The maximum Gasteiger partial charge on any atom is 0.191 e. The summed E-state index contributed by atoms with van der Waals surface area (Å²) in [6.45, 7) is 7.31. The molecule has 3 N–H and O–H groups in total. The SMILES string of the molecule is CCNC(=NCc1ccc(N2CCC(CO)CC2)cc1)NCCOC.I. The van der Waals surface area contributed by atoms with E-state index in [0.29, 0.717) is 25.7 Å². The van der Waals surface area contributed by atoms with Crippen molar-refractivity contribution in [3.63, 3.8) is 0 Å². The fourth-order valence-electron chi connectivity index (χ4n) is 2.97. The third-order valence-electron chi connectivity index (χ3n) is 4.54. The zero-order valence-corrected chi connectivity index (χ0v) is 18.2. The Balaban J connectivity index is 0.00000338. The van der Waals surface area contributed by atoms with Crippen LogP contribution in [0.15, 0.2) is 29.3 Å². The maximum absolute atomic E-state index is 9.25. The zero-order valence-electron chi connectivity index (χ0n) is 15.9. The Morgan fingerprint density at radius 3 is 2.50 bits per heavy atom. The summed E-state index contributed by atoms with van der Waals surface area (Å²) in [5.41, 5.74) is 2.45. The summed E-state index contributed by atoms with van der Waals surface area (Å²) in [6.07, 6.45) is 2.14. The molecule has 148 valence electrons. The number of benzene rings is 1. The second kappa shape index (κ2) is 13.2. The normalized spacial score (nSPS) is 15.5. The fraction of sp³-hybridized carbons (Fsp3) is 0.632. The van der Waals surface area contributed by atoms with Gasteiger partial charge in [-0.3, -0.25) is 0 Å². The Bertz CT molecular complexity index is 517. The van der Waals surface area contributed by atoms with E-state index in [9.17, 15) is 5.11 Å². The molecule has 1 aromatic carbocycles. The first-order valence-corrected chi connectivity index (χ1v) is 9.22. The van der Waals surface area contributed by atoms with Crippen molar-refractivity contribution in [1.29, 1.82) is 0 Å². The van der Waals surface area contributed by atoms with E-state index in [4.69, 9.17) is 4.74 Å². The quantitative estimate of drug-likeness (QED) is 0.232. The highest BCUT2D eigenvalue weighted by Gasteiger charge is 2.18. The standard InChI is InChI=1S/C19H32N4O2.HI/c1-3-20-19(21-10-13-25-2)22-14-16-4-6-18(7-5-16)23-11-8-17(15-24)9-12-23;/h4-7,17,24H,3,8-15H2,1-2H3,(H2,20,21,22);1H. The van der Waals surface area contributed by atoms with Crippen LogP contribution < -0.4 is 15.5 Å². The molecule has 2 rings (SSSR count). The van der Waals surface area contributed by atoms with Gasteiger partial charge in [0.15, 0.2) is 5.96 Å². The molecule has 0 atom stereocenters. The van der Waals surface area contributed by atoms with E-state index in [2.05, 4.69) is 51.7 Å². The molecule has 26 heavy (non-hydrogen) atoms. The van der Waals surface area contributed by atoms with Crippen LogP contribution in [0.2, 0.25) is 0 Å². The van der Waals surface area contributed by atoms with E-state index < -0.39 is 0 Å². The first-order valence-electron chi connectivity index (χ1n) is 9.22. The number of ether oxygens (including phenoxy) is 1. The Kier molecular flexibility index (Phi) is 11.6. The van der Waals surface area contributed by atoms with Gasteiger partial charge in [0.25, 0.3) is 0 Å². The molecule has 0 spiro atoms. The molecule has 1 aromatic rings. The summed E-state index contributed by atoms with van der Waals surface area (Å²) < 4.78 is 5.05. The minimum absolute atomic E-state index is 0. The van der Waals surface area contributed by atoms with E-state index >= 15 is 0 Å². The van der Waals surface area contributed by atoms with E-state index in [1.165, 1.54) is 11.3 Å². The molecule has 1 heterocycles. The van der Waals surface area contributed by atoms with E-state index in [1.807, 2.05) is 0 Å². The van der Waals surface area contributed by atoms with Crippen LogP contribution >= 0.6 is 24.0 Å². The highest BCUT2D eigenvalue weighted by atomic mass is 127. The summed E-state index contributed by atoms with van der Waals surface area (Å²) in [7, 11) is 1.69. The Hall–Kier alpha value is -1.06. The van der Waals surface area contributed by atoms with Crippen LogP contribution in [0, 0.1) is 5.92 Å². The van der Waals surface area contributed by atoms with Crippen molar-refractivity contribution in [2.24, 2.45) is 10.9 Å². The number of aliphatic hydroxyl groups excluding tert-OH is 1. The second-order valence-corrected chi connectivity index (χ2v) is 6.39. The van der Waals surface area contributed by atoms with Crippen LogP contribution in [0.5, 0.6) is 0 Å². The second-order valence-electron chi connectivity index (χ2n) is 6.39. The third kappa shape index (κ3) is 7.67. The molecule has 0 unspecified atom stereocenters. The number of anilines is 1. The molecule has 6 nitrogen and oxygen atoms in total. The number of hydrogen-bond donors (Lipinski definition) is 3. The van der Waals surface area contributed by atoms with Crippen LogP contribution in [-0.4, -0.2) is 57.6 Å². The number of guanidine groups is 1. The van der Waals surface area contributed by atoms with Crippen molar-refractivity contribution in [2.75, 3.05) is 51.4 Å². The van der Waals surface area contributed by atoms with Crippen LogP contribution in [0.4, 0.5) is 5.69 Å². The van der Waals surface area contributed by atoms with Gasteiger partial charge >= 0.3 is 0 Å². The van der Waals surface area contributed by atoms with Crippen molar-refractivity contribution >= 4 is 35.6 Å². The number of aliphatic imine (C=N–C) groups is 1. The average molecular weight is 476 g/mol. The summed E-state index contributed by atoms with van der Waals surface area (Å²) >= 11 is 0. The first kappa shape index (κ1) is 23.0. The number of methoxy groups -OCH3 is 1. The van der Waals surface area contributed by atoms with Gasteiger partial charge in [-0.05, 0) is 43.4 Å². The smallest absolute Gasteiger partial charge is 0.191 e. The van der Waals surface area contributed by atoms with Gasteiger partial charge in [0, 0.05) is 45.6 Å². The number of halogens is 1. The lowest BCUT2D eigenvalue weighted by atomic mass is 9.97. The van der Waals surface area contributed by atoms with Gasteiger partial charge in [-0.1, -0.05) is 12.1 Å². The summed E-state index contributed by atoms with van der Waals surface area (Å²) in [4.78, 5) is 7.01. The number of nitrogens with zero attached hydrogens (tertiary/aromatic N) is 2. The molecule has 0 aliphatic carbocycles.